The molecule has 0 aliphatic heterocycles. The van der Waals surface area contributed by atoms with E-state index in [0.29, 0.717) is 0 Å². The lowest BCUT2D eigenvalue weighted by molar-refractivity contribution is 0.292. The maximum absolute atomic E-state index is 12.3. The van der Waals surface area contributed by atoms with E-state index in [1.165, 1.54) is 0 Å². The number of hydrogen-bond acceptors (Lipinski definition) is 0. The highest BCUT2D eigenvalue weighted by Gasteiger charge is 2.09. The molecule has 0 aliphatic carbocycles. The van der Waals surface area contributed by atoms with Crippen LogP contribution < -0.4 is 0 Å². The minimum atomic E-state index is -0.757. The third-order valence-electron chi connectivity index (χ3n) is 1.47. The summed E-state index contributed by atoms with van der Waals surface area (Å²) in [5.41, 5.74) is 0.917. The molecule has 48 valence electrons. The summed E-state index contributed by atoms with van der Waals surface area (Å²) in [6, 6.07) is 0. The standard InChI is InChI=1S/C7H13F/c1-5(2)6(3)7(4)8/h6-7H,1H2,2-4H3/t6-,7?/m1/s1. The van der Waals surface area contributed by atoms with Crippen LogP contribution in [0.2, 0.25) is 0 Å². The van der Waals surface area contributed by atoms with E-state index in [0.717, 1.165) is 5.57 Å². The van der Waals surface area contributed by atoms with Crippen molar-refractivity contribution in [1.82, 2.24) is 0 Å². The quantitative estimate of drug-likeness (QED) is 0.486. The van der Waals surface area contributed by atoms with Crippen molar-refractivity contribution < 1.29 is 4.39 Å². The summed E-state index contributed by atoms with van der Waals surface area (Å²) in [6.45, 7) is 8.88. The highest BCUT2D eigenvalue weighted by Crippen LogP contribution is 2.13. The highest BCUT2D eigenvalue weighted by molar-refractivity contribution is 4.95. The Balaban J connectivity index is 3.64. The van der Waals surface area contributed by atoms with Crippen molar-refractivity contribution in [3.05, 3.63) is 12.2 Å². The molecule has 0 rings (SSSR count). The van der Waals surface area contributed by atoms with Crippen LogP contribution in [0, 0.1) is 5.92 Å². The first-order valence-electron chi connectivity index (χ1n) is 2.85. The van der Waals surface area contributed by atoms with Gasteiger partial charge >= 0.3 is 0 Å². The Labute approximate surface area is 50.4 Å². The van der Waals surface area contributed by atoms with Crippen molar-refractivity contribution in [3.63, 3.8) is 0 Å². The van der Waals surface area contributed by atoms with Crippen molar-refractivity contribution in [3.8, 4) is 0 Å². The minimum Gasteiger partial charge on any atom is -0.247 e. The fourth-order valence-corrected chi connectivity index (χ4v) is 0.392. The van der Waals surface area contributed by atoms with Crippen LogP contribution in [-0.2, 0) is 0 Å². The number of rotatable bonds is 2. The SMILES string of the molecule is C=C(C)[C@@H](C)C(C)F. The predicted molar refractivity (Wildman–Crippen MR) is 34.5 cm³/mol. The minimum absolute atomic E-state index is 0.00926. The van der Waals surface area contributed by atoms with Gasteiger partial charge in [-0.15, -0.1) is 0 Å². The second kappa shape index (κ2) is 2.85. The van der Waals surface area contributed by atoms with Gasteiger partial charge in [0, 0.05) is 5.92 Å². The van der Waals surface area contributed by atoms with Gasteiger partial charge < -0.3 is 0 Å². The Bertz CT molecular complexity index is 84.4. The number of alkyl halides is 1. The van der Waals surface area contributed by atoms with Gasteiger partial charge in [-0.2, -0.15) is 0 Å². The molecule has 0 saturated carbocycles. The molecular weight excluding hydrogens is 103 g/mol. The van der Waals surface area contributed by atoms with Crippen LogP contribution in [0.5, 0.6) is 0 Å². The Morgan fingerprint density at radius 3 is 1.88 bits per heavy atom. The fourth-order valence-electron chi connectivity index (χ4n) is 0.392. The van der Waals surface area contributed by atoms with E-state index in [9.17, 15) is 4.39 Å². The zero-order valence-electron chi connectivity index (χ0n) is 5.74. The molecule has 0 aromatic carbocycles. The van der Waals surface area contributed by atoms with Gasteiger partial charge in [0.2, 0.25) is 0 Å². The monoisotopic (exact) mass is 116 g/mol. The maximum Gasteiger partial charge on any atom is 0.104 e. The Morgan fingerprint density at radius 1 is 1.50 bits per heavy atom. The molecule has 0 aromatic rings. The highest BCUT2D eigenvalue weighted by atomic mass is 19.1. The average Bonchev–Trinajstić information content (AvgIpc) is 1.64. The van der Waals surface area contributed by atoms with Gasteiger partial charge in [0.15, 0.2) is 0 Å². The lowest BCUT2D eigenvalue weighted by Gasteiger charge is -2.10. The molecular formula is C7H13F. The summed E-state index contributed by atoms with van der Waals surface area (Å²) in [6.07, 6.45) is -0.757. The van der Waals surface area contributed by atoms with Gasteiger partial charge in [0.1, 0.15) is 6.17 Å². The molecule has 0 bridgehead atoms. The molecule has 1 heteroatoms. The lowest BCUT2D eigenvalue weighted by atomic mass is 10.0. The molecule has 0 amide bonds. The molecule has 8 heavy (non-hydrogen) atoms. The fraction of sp³-hybridized carbons (Fsp3) is 0.714. The van der Waals surface area contributed by atoms with Crippen LogP contribution in [0.25, 0.3) is 0 Å². The van der Waals surface area contributed by atoms with Gasteiger partial charge in [-0.1, -0.05) is 19.1 Å². The molecule has 0 aliphatic rings. The Kier molecular flexibility index (Phi) is 2.74. The largest absolute Gasteiger partial charge is 0.247 e. The maximum atomic E-state index is 12.3. The summed E-state index contributed by atoms with van der Waals surface area (Å²) < 4.78 is 12.3. The zero-order chi connectivity index (χ0) is 6.73. The molecule has 0 saturated heterocycles. The van der Waals surface area contributed by atoms with E-state index >= 15 is 0 Å². The third-order valence-corrected chi connectivity index (χ3v) is 1.47. The third kappa shape index (κ3) is 2.10. The van der Waals surface area contributed by atoms with Crippen LogP contribution in [0.4, 0.5) is 4.39 Å². The summed E-state index contributed by atoms with van der Waals surface area (Å²) in [5, 5.41) is 0. The smallest absolute Gasteiger partial charge is 0.104 e. The summed E-state index contributed by atoms with van der Waals surface area (Å²) in [4.78, 5) is 0. The van der Waals surface area contributed by atoms with Crippen LogP contribution in [-0.4, -0.2) is 6.17 Å². The molecule has 0 spiro atoms. The van der Waals surface area contributed by atoms with E-state index in [-0.39, 0.29) is 5.92 Å². The summed E-state index contributed by atoms with van der Waals surface area (Å²) in [7, 11) is 0. The van der Waals surface area contributed by atoms with Crippen LogP contribution in [0.3, 0.4) is 0 Å². The molecule has 0 fully saturated rings. The first-order chi connectivity index (χ1) is 3.55. The van der Waals surface area contributed by atoms with Crippen molar-refractivity contribution in [2.75, 3.05) is 0 Å². The molecule has 0 heterocycles. The van der Waals surface area contributed by atoms with Crippen molar-refractivity contribution >= 4 is 0 Å². The molecule has 2 atom stereocenters. The number of allylic oxidation sites excluding steroid dienone is 1. The Morgan fingerprint density at radius 2 is 1.88 bits per heavy atom. The summed E-state index contributed by atoms with van der Waals surface area (Å²) >= 11 is 0. The topological polar surface area (TPSA) is 0 Å². The van der Waals surface area contributed by atoms with E-state index < -0.39 is 6.17 Å². The van der Waals surface area contributed by atoms with Gasteiger partial charge in [-0.05, 0) is 13.8 Å². The van der Waals surface area contributed by atoms with Gasteiger partial charge in [0.25, 0.3) is 0 Å². The lowest BCUT2D eigenvalue weighted by Crippen LogP contribution is -2.07. The molecule has 0 radical (unpaired) electrons. The summed E-state index contributed by atoms with van der Waals surface area (Å²) in [5.74, 6) is 0.00926. The number of hydrogen-bond donors (Lipinski definition) is 0. The molecule has 0 aromatic heterocycles. The zero-order valence-corrected chi connectivity index (χ0v) is 5.74. The van der Waals surface area contributed by atoms with Crippen molar-refractivity contribution in [2.45, 2.75) is 26.9 Å². The van der Waals surface area contributed by atoms with Crippen LogP contribution in [0.15, 0.2) is 12.2 Å². The second-order valence-electron chi connectivity index (χ2n) is 2.31. The van der Waals surface area contributed by atoms with Crippen molar-refractivity contribution in [1.29, 1.82) is 0 Å². The van der Waals surface area contributed by atoms with Gasteiger partial charge in [0.05, 0.1) is 0 Å². The first-order valence-corrected chi connectivity index (χ1v) is 2.85. The molecule has 0 nitrogen and oxygen atoms in total. The molecule has 0 N–H and O–H groups in total. The normalized spacial score (nSPS) is 17.5. The Hall–Kier alpha value is -0.330. The van der Waals surface area contributed by atoms with Gasteiger partial charge in [-0.25, -0.2) is 4.39 Å². The second-order valence-corrected chi connectivity index (χ2v) is 2.31. The average molecular weight is 116 g/mol. The van der Waals surface area contributed by atoms with E-state index in [2.05, 4.69) is 6.58 Å². The van der Waals surface area contributed by atoms with Crippen LogP contribution in [0.1, 0.15) is 20.8 Å². The van der Waals surface area contributed by atoms with Crippen molar-refractivity contribution in [2.24, 2.45) is 5.92 Å². The molecule has 1 unspecified atom stereocenters. The van der Waals surface area contributed by atoms with E-state index in [1.807, 2.05) is 13.8 Å². The van der Waals surface area contributed by atoms with E-state index in [4.69, 9.17) is 0 Å². The van der Waals surface area contributed by atoms with Gasteiger partial charge in [-0.3, -0.25) is 0 Å². The predicted octanol–water partition coefficient (Wildman–Crippen LogP) is 2.56. The first kappa shape index (κ1) is 7.67. The number of halogens is 1. The van der Waals surface area contributed by atoms with E-state index in [1.54, 1.807) is 6.92 Å². The van der Waals surface area contributed by atoms with Crippen LogP contribution >= 0.6 is 0 Å².